The molecule has 11 aromatic carbocycles. The predicted octanol–water partition coefficient (Wildman–Crippen LogP) is 20.5. The summed E-state index contributed by atoms with van der Waals surface area (Å²) < 4.78 is 14.7. The second kappa shape index (κ2) is 17.4. The minimum absolute atomic E-state index is 0.830. The van der Waals surface area contributed by atoms with Gasteiger partial charge in [-0.3, -0.25) is 0 Å². The Morgan fingerprint density at radius 1 is 0.297 bits per heavy atom. The van der Waals surface area contributed by atoms with Gasteiger partial charge in [-0.05, 0) is 205 Å². The molecule has 0 radical (unpaired) electrons. The van der Waals surface area contributed by atoms with E-state index in [1.54, 1.807) is 0 Å². The molecule has 0 saturated heterocycles. The van der Waals surface area contributed by atoms with Crippen LogP contribution < -0.4 is 9.80 Å². The second-order valence-corrected chi connectivity index (χ2v) is 20.4. The van der Waals surface area contributed by atoms with Gasteiger partial charge in [0.1, 0.15) is 22.3 Å². The third-order valence-electron chi connectivity index (χ3n) is 16.1. The number of benzene rings is 11. The fourth-order valence-corrected chi connectivity index (χ4v) is 11.5. The molecule has 4 nitrogen and oxygen atoms in total. The number of anilines is 6. The van der Waals surface area contributed by atoms with E-state index in [9.17, 15) is 0 Å². The number of hydrogen-bond acceptors (Lipinski definition) is 4. The average molecular weight is 957 g/mol. The Bertz CT molecular complexity index is 4020. The molecule has 0 aliphatic rings. The first-order chi connectivity index (χ1) is 36.0. The van der Waals surface area contributed by atoms with E-state index in [0.717, 1.165) is 99.1 Å². The summed E-state index contributed by atoms with van der Waals surface area (Å²) >= 11 is 0. The summed E-state index contributed by atoms with van der Waals surface area (Å²) in [7, 11) is 0. The monoisotopic (exact) mass is 956 g/mol. The number of nitrogens with zero attached hydrogens (tertiary/aromatic N) is 2. The molecule has 0 fully saturated rings. The van der Waals surface area contributed by atoms with Crippen LogP contribution in [0.15, 0.2) is 203 Å². The van der Waals surface area contributed by atoms with Crippen LogP contribution in [0.25, 0.3) is 87.7 Å². The standard InChI is InChI=1S/C70H56N2O2/c1-41-19-15-27-59(45(41)5)71(60-28-16-20-42(2)46(60)6)55-33-31-51-37-57-63(39-53(51)35-55)73-69-65(49-23-11-9-12-24-49)66(50-25-13-10-14-26-50)70-68(67(57)69)58-38-52-32-34-56(36-54(52)40-64(58)74-70)72(61-29-17-21-43(3)47(61)7)62-30-18-22-44(4)48(62)8/h9-40H,1-8H3. The lowest BCUT2D eigenvalue weighted by Gasteiger charge is -2.30. The zero-order chi connectivity index (χ0) is 50.5. The Balaban J connectivity index is 1.08. The molecule has 2 aromatic heterocycles. The minimum Gasteiger partial charge on any atom is -0.455 e. The molecule has 0 amide bonds. The zero-order valence-electron chi connectivity index (χ0n) is 43.2. The summed E-state index contributed by atoms with van der Waals surface area (Å²) in [6.07, 6.45) is 0. The van der Waals surface area contributed by atoms with Crippen LogP contribution in [0.1, 0.15) is 44.5 Å². The van der Waals surface area contributed by atoms with Crippen LogP contribution in [-0.2, 0) is 0 Å². The summed E-state index contributed by atoms with van der Waals surface area (Å²) in [5.41, 5.74) is 24.4. The summed E-state index contributed by atoms with van der Waals surface area (Å²) in [5, 5.41) is 8.69. The molecule has 13 rings (SSSR count). The molecule has 13 aromatic rings. The Kier molecular flexibility index (Phi) is 10.6. The van der Waals surface area contributed by atoms with Crippen LogP contribution in [-0.4, -0.2) is 0 Å². The van der Waals surface area contributed by atoms with Crippen molar-refractivity contribution in [1.29, 1.82) is 0 Å². The molecule has 0 bridgehead atoms. The largest absolute Gasteiger partial charge is 0.455 e. The van der Waals surface area contributed by atoms with Crippen molar-refractivity contribution in [3.8, 4) is 22.3 Å². The van der Waals surface area contributed by atoms with E-state index < -0.39 is 0 Å². The zero-order valence-corrected chi connectivity index (χ0v) is 43.2. The average Bonchev–Trinajstić information content (AvgIpc) is 3.98. The highest BCUT2D eigenvalue weighted by atomic mass is 16.3. The van der Waals surface area contributed by atoms with Gasteiger partial charge in [0.05, 0.1) is 0 Å². The topological polar surface area (TPSA) is 32.8 Å². The Morgan fingerprint density at radius 3 is 0.973 bits per heavy atom. The lowest BCUT2D eigenvalue weighted by Crippen LogP contribution is -2.13. The first-order valence-corrected chi connectivity index (χ1v) is 25.7. The molecule has 0 spiro atoms. The highest BCUT2D eigenvalue weighted by Gasteiger charge is 2.28. The Morgan fingerprint density at radius 2 is 0.635 bits per heavy atom. The van der Waals surface area contributed by atoms with Crippen LogP contribution >= 0.6 is 0 Å². The van der Waals surface area contributed by atoms with Gasteiger partial charge >= 0.3 is 0 Å². The molecule has 2 heterocycles. The van der Waals surface area contributed by atoms with Gasteiger partial charge in [-0.1, -0.05) is 121 Å². The third kappa shape index (κ3) is 7.11. The van der Waals surface area contributed by atoms with Crippen molar-refractivity contribution in [3.63, 3.8) is 0 Å². The SMILES string of the molecule is Cc1cccc(N(c2ccc3cc4c(cc3c2)oc2c(-c3ccccc3)c(-c3ccccc3)c3oc5cc6cc(N(c7cccc(C)c7C)c7cccc(C)c7C)ccc6cc5c3c24)c2cccc(C)c2C)c1C. The van der Waals surface area contributed by atoms with Crippen LogP contribution in [0.5, 0.6) is 0 Å². The van der Waals surface area contributed by atoms with Gasteiger partial charge in [-0.25, -0.2) is 0 Å². The van der Waals surface area contributed by atoms with Crippen molar-refractivity contribution in [2.24, 2.45) is 0 Å². The summed E-state index contributed by atoms with van der Waals surface area (Å²) in [4.78, 5) is 4.84. The predicted molar refractivity (Wildman–Crippen MR) is 314 cm³/mol. The van der Waals surface area contributed by atoms with Crippen molar-refractivity contribution in [2.45, 2.75) is 55.4 Å². The fourth-order valence-electron chi connectivity index (χ4n) is 11.5. The van der Waals surface area contributed by atoms with Crippen molar-refractivity contribution >= 4 is 99.5 Å². The van der Waals surface area contributed by atoms with Gasteiger partial charge in [0, 0.05) is 66.8 Å². The molecular weight excluding hydrogens is 901 g/mol. The smallest absolute Gasteiger partial charge is 0.144 e. The number of aryl methyl sites for hydroxylation is 4. The summed E-state index contributed by atoms with van der Waals surface area (Å²) in [5.74, 6) is 0. The number of fused-ring (bicyclic) bond motifs is 9. The van der Waals surface area contributed by atoms with Gasteiger partial charge < -0.3 is 18.6 Å². The molecule has 0 N–H and O–H groups in total. The number of furan rings is 2. The quantitative estimate of drug-likeness (QED) is 0.152. The third-order valence-corrected chi connectivity index (χ3v) is 16.1. The second-order valence-electron chi connectivity index (χ2n) is 20.4. The molecule has 0 aliphatic heterocycles. The van der Waals surface area contributed by atoms with E-state index in [0.29, 0.717) is 0 Å². The van der Waals surface area contributed by atoms with Gasteiger partial charge in [-0.2, -0.15) is 0 Å². The minimum atomic E-state index is 0.830. The van der Waals surface area contributed by atoms with E-state index in [4.69, 9.17) is 8.83 Å². The van der Waals surface area contributed by atoms with E-state index in [-0.39, 0.29) is 0 Å². The molecule has 74 heavy (non-hydrogen) atoms. The molecule has 4 heteroatoms. The van der Waals surface area contributed by atoms with Gasteiger partial charge in [0.25, 0.3) is 0 Å². The van der Waals surface area contributed by atoms with E-state index in [1.807, 2.05) is 0 Å². The van der Waals surface area contributed by atoms with Crippen molar-refractivity contribution in [2.75, 3.05) is 9.80 Å². The summed E-state index contributed by atoms with van der Waals surface area (Å²) in [6.45, 7) is 17.7. The lowest BCUT2D eigenvalue weighted by molar-refractivity contribution is 0.665. The van der Waals surface area contributed by atoms with E-state index >= 15 is 0 Å². The summed E-state index contributed by atoms with van der Waals surface area (Å²) in [6, 6.07) is 70.6. The van der Waals surface area contributed by atoms with Gasteiger partial charge in [0.2, 0.25) is 0 Å². The van der Waals surface area contributed by atoms with Crippen molar-refractivity contribution in [1.82, 2.24) is 0 Å². The van der Waals surface area contributed by atoms with E-state index in [1.165, 1.54) is 67.3 Å². The van der Waals surface area contributed by atoms with Crippen molar-refractivity contribution < 1.29 is 8.83 Å². The van der Waals surface area contributed by atoms with Gasteiger partial charge in [0.15, 0.2) is 0 Å². The van der Waals surface area contributed by atoms with E-state index in [2.05, 4.69) is 259 Å². The van der Waals surface area contributed by atoms with Crippen LogP contribution in [0.4, 0.5) is 34.1 Å². The fraction of sp³-hybridized carbons (Fsp3) is 0.114. The Labute approximate surface area is 432 Å². The maximum Gasteiger partial charge on any atom is 0.144 e. The maximum atomic E-state index is 7.36. The molecule has 0 saturated carbocycles. The molecule has 0 aliphatic carbocycles. The van der Waals surface area contributed by atoms with Crippen molar-refractivity contribution in [3.05, 3.63) is 239 Å². The number of rotatable bonds is 8. The Hall–Kier alpha value is -8.86. The normalized spacial score (nSPS) is 11.8. The molecular formula is C70H56N2O2. The highest BCUT2D eigenvalue weighted by Crippen LogP contribution is 2.52. The first-order valence-electron chi connectivity index (χ1n) is 25.7. The van der Waals surface area contributed by atoms with Gasteiger partial charge in [-0.15, -0.1) is 0 Å². The first kappa shape index (κ1) is 45.0. The maximum absolute atomic E-state index is 7.36. The lowest BCUT2D eigenvalue weighted by atomic mass is 9.89. The molecule has 0 unspecified atom stereocenters. The van der Waals surface area contributed by atoms with Crippen LogP contribution in [0, 0.1) is 55.4 Å². The molecule has 0 atom stereocenters. The highest BCUT2D eigenvalue weighted by molar-refractivity contribution is 6.33. The number of hydrogen-bond donors (Lipinski definition) is 0. The molecule has 358 valence electrons. The van der Waals surface area contributed by atoms with Crippen LogP contribution in [0.3, 0.4) is 0 Å². The van der Waals surface area contributed by atoms with Crippen LogP contribution in [0.2, 0.25) is 0 Å².